The number of hydrogen-bond acceptors (Lipinski definition) is 12. The van der Waals surface area contributed by atoms with Crippen molar-refractivity contribution in [1.29, 1.82) is 0 Å². The third-order valence-corrected chi connectivity index (χ3v) is 0.516. The van der Waals surface area contributed by atoms with Crippen LogP contribution < -0.4 is 195 Å². The molecule has 0 atom stereocenters. The van der Waals surface area contributed by atoms with Gasteiger partial charge in [0.05, 0.1) is 23.9 Å². The van der Waals surface area contributed by atoms with Crippen LogP contribution in [0.3, 0.4) is 0 Å². The van der Waals surface area contributed by atoms with Crippen molar-refractivity contribution in [2.75, 3.05) is 0 Å². The first-order valence-corrected chi connectivity index (χ1v) is 3.24. The average molecular weight is 424 g/mol. The number of hydrogen-bond donors (Lipinski definition) is 4. The third kappa shape index (κ3) is 64.8. The second-order valence-corrected chi connectivity index (χ2v) is 1.76. The van der Waals surface area contributed by atoms with Gasteiger partial charge in [0.25, 0.3) is 0 Å². The summed E-state index contributed by atoms with van der Waals surface area (Å²) < 4.78 is 0. The molecule has 0 spiro atoms. The summed E-state index contributed by atoms with van der Waals surface area (Å²) in [7, 11) is 0. The Hall–Kier alpha value is 2.01. The largest absolute Gasteiger partial charge is 1.00 e. The van der Waals surface area contributed by atoms with Crippen LogP contribution in [0.5, 0.6) is 0 Å². The van der Waals surface area contributed by atoms with Gasteiger partial charge in [-0.25, -0.2) is 9.59 Å². The minimum absolute atomic E-state index is 0. The Morgan fingerprint density at radius 1 is 0.500 bits per heavy atom. The molecule has 18 heteroatoms. The maximum absolute atomic E-state index is 9.10. The number of rotatable bonds is 0. The molecule has 0 aliphatic rings. The summed E-state index contributed by atoms with van der Waals surface area (Å²) in [5, 5.41) is 50.5. The molecule has 0 aliphatic heterocycles. The quantitative estimate of drug-likeness (QED) is 0.207. The van der Waals surface area contributed by atoms with E-state index in [2.05, 4.69) is 0 Å². The van der Waals surface area contributed by atoms with E-state index in [1.54, 1.807) is 0 Å². The van der Waals surface area contributed by atoms with Crippen LogP contribution >= 0.6 is 0 Å². The molecule has 0 amide bonds. The van der Waals surface area contributed by atoms with Gasteiger partial charge in [0.1, 0.15) is 0 Å². The van der Waals surface area contributed by atoms with Crippen LogP contribution in [0, 0.1) is 0 Å². The molecule has 118 valence electrons. The molecule has 0 rings (SSSR count). The van der Waals surface area contributed by atoms with Crippen molar-refractivity contribution in [3.63, 3.8) is 0 Å². The Bertz CT molecular complexity index is 301. The monoisotopic (exact) mass is 424 g/mol. The Morgan fingerprint density at radius 2 is 0.583 bits per heavy atom. The molecular formula is C6H8K2N2Na2O12. The minimum atomic E-state index is -2.19. The summed E-state index contributed by atoms with van der Waals surface area (Å²) in [6.07, 6.45) is 0. The van der Waals surface area contributed by atoms with Gasteiger partial charge in [0, 0.05) is 0 Å². The maximum atomic E-state index is 9.10. The van der Waals surface area contributed by atoms with Crippen molar-refractivity contribution in [2.24, 2.45) is 0 Å². The molecule has 0 heterocycles. The van der Waals surface area contributed by atoms with Gasteiger partial charge in [0.2, 0.25) is 0 Å². The van der Waals surface area contributed by atoms with Gasteiger partial charge >= 0.3 is 174 Å². The topological polar surface area (TPSA) is 305 Å². The van der Waals surface area contributed by atoms with Crippen LogP contribution in [0.1, 0.15) is 0 Å². The summed E-state index contributed by atoms with van der Waals surface area (Å²) in [4.78, 5) is 53.9. The second-order valence-electron chi connectivity index (χ2n) is 1.76. The van der Waals surface area contributed by atoms with Gasteiger partial charge in [-0.15, -0.1) is 0 Å². The van der Waals surface area contributed by atoms with Gasteiger partial charge in [0.15, 0.2) is 0 Å². The van der Waals surface area contributed by atoms with Crippen molar-refractivity contribution >= 4 is 35.8 Å². The molecule has 24 heavy (non-hydrogen) atoms. The van der Waals surface area contributed by atoms with Crippen LogP contribution in [0.15, 0.2) is 0 Å². The van der Waals surface area contributed by atoms with E-state index in [0.29, 0.717) is 0 Å². The molecule has 0 aromatic carbocycles. The zero-order valence-electron chi connectivity index (χ0n) is 13.4. The molecule has 0 fully saturated rings. The van der Waals surface area contributed by atoms with Gasteiger partial charge in [-0.05, 0) is 0 Å². The van der Waals surface area contributed by atoms with E-state index < -0.39 is 35.8 Å². The smallest absolute Gasteiger partial charge is 0.543 e. The first-order valence-electron chi connectivity index (χ1n) is 3.24. The van der Waals surface area contributed by atoms with Crippen molar-refractivity contribution in [3.8, 4) is 0 Å². The average Bonchev–Trinajstić information content (AvgIpc) is 2.18. The van der Waals surface area contributed by atoms with Crippen molar-refractivity contribution < 1.29 is 221 Å². The second kappa shape index (κ2) is 36.0. The van der Waals surface area contributed by atoms with Crippen LogP contribution in [0.4, 0.5) is 0 Å². The van der Waals surface area contributed by atoms with Crippen molar-refractivity contribution in [1.82, 2.24) is 12.3 Å². The number of carboxylic acids is 6. The molecule has 0 aromatic rings. The summed E-state index contributed by atoms with van der Waals surface area (Å²) in [6, 6.07) is 0. The third-order valence-electron chi connectivity index (χ3n) is 0.516. The number of carbonyl (C=O) groups is 6. The van der Waals surface area contributed by atoms with E-state index in [9.17, 15) is 0 Å². The predicted octanol–water partition coefficient (Wildman–Crippen LogP) is -19.5. The summed E-state index contributed by atoms with van der Waals surface area (Å²) in [6.45, 7) is 0. The zero-order chi connectivity index (χ0) is 15.5. The minimum Gasteiger partial charge on any atom is -0.543 e. The molecule has 0 saturated heterocycles. The molecule has 0 bridgehead atoms. The van der Waals surface area contributed by atoms with E-state index in [1.807, 2.05) is 0 Å². The molecule has 0 aliphatic carbocycles. The summed E-state index contributed by atoms with van der Waals surface area (Å²) in [5.74, 6) is -12.4. The van der Waals surface area contributed by atoms with Gasteiger partial charge in [-0.3, -0.25) is 0 Å². The van der Waals surface area contributed by atoms with Crippen molar-refractivity contribution in [3.05, 3.63) is 0 Å². The van der Waals surface area contributed by atoms with Crippen LogP contribution in [0.2, 0.25) is 0 Å². The molecule has 0 unspecified atom stereocenters. The fourth-order valence-electron chi connectivity index (χ4n) is 0. The Labute approximate surface area is 263 Å². The van der Waals surface area contributed by atoms with Gasteiger partial charge < -0.3 is 62.1 Å². The molecule has 0 saturated carbocycles. The molecule has 14 nitrogen and oxygen atoms in total. The van der Waals surface area contributed by atoms with E-state index in [0.717, 1.165) is 0 Å². The standard InChI is InChI=1S/3C2H2O4.2K.2H3N.2Na/c3*3-1(4)2(5)6;;;;;;/h3*(H,3,4)(H,5,6);;;2*1H3;;/q;;;2*+1;;;2*+1/p-4. The Kier molecular flexibility index (Phi) is 84.4. The summed E-state index contributed by atoms with van der Waals surface area (Å²) >= 11 is 0. The van der Waals surface area contributed by atoms with Gasteiger partial charge in [-0.2, -0.15) is 0 Å². The maximum Gasteiger partial charge on any atom is 1.00 e. The number of carboxylic acid groups (broad SMARTS) is 6. The number of aliphatic carboxylic acids is 6. The first-order chi connectivity index (χ1) is 7.93. The molecular weight excluding hydrogens is 416 g/mol. The zero-order valence-corrected chi connectivity index (χ0v) is 23.6. The van der Waals surface area contributed by atoms with E-state index in [-0.39, 0.29) is 174 Å². The number of carbonyl (C=O) groups excluding carboxylic acids is 4. The fourth-order valence-corrected chi connectivity index (χ4v) is 0. The van der Waals surface area contributed by atoms with Gasteiger partial charge in [-0.1, -0.05) is 0 Å². The Balaban J connectivity index is -0.0000000179. The van der Waals surface area contributed by atoms with E-state index in [1.165, 1.54) is 0 Å². The summed E-state index contributed by atoms with van der Waals surface area (Å²) in [5.41, 5.74) is 0. The van der Waals surface area contributed by atoms with Crippen LogP contribution in [-0.4, -0.2) is 46.0 Å². The SMILES string of the molecule is N.N.O=C(O)C(=O)O.O=C([O-])C(=O)[O-].O=C([O-])C(=O)[O-].[K+].[K+].[Na+].[Na+]. The molecule has 8 N–H and O–H groups in total. The molecule has 0 radical (unpaired) electrons. The predicted molar refractivity (Wildman–Crippen MR) is 45.3 cm³/mol. The Morgan fingerprint density at radius 3 is 0.583 bits per heavy atom. The van der Waals surface area contributed by atoms with Crippen molar-refractivity contribution in [2.45, 2.75) is 0 Å². The van der Waals surface area contributed by atoms with Crippen LogP contribution in [-0.2, 0) is 28.8 Å². The van der Waals surface area contributed by atoms with E-state index in [4.69, 9.17) is 59.4 Å². The normalized spacial score (nSPS) is 5.50. The fraction of sp³-hybridized carbons (Fsp3) is 0. The van der Waals surface area contributed by atoms with E-state index >= 15 is 0 Å². The molecule has 0 aromatic heterocycles. The first kappa shape index (κ1) is 56.2. The van der Waals surface area contributed by atoms with Crippen LogP contribution in [0.25, 0.3) is 0 Å².